The zero-order chi connectivity index (χ0) is 43.9. The van der Waals surface area contributed by atoms with Crippen molar-refractivity contribution in [2.24, 2.45) is 21.1 Å². The summed E-state index contributed by atoms with van der Waals surface area (Å²) in [6.07, 6.45) is 17.2. The third kappa shape index (κ3) is 7.91. The van der Waals surface area contributed by atoms with E-state index in [1.54, 1.807) is 10.8 Å². The van der Waals surface area contributed by atoms with Crippen molar-refractivity contribution in [3.8, 4) is 0 Å². The molecule has 3 N–H and O–H groups in total. The summed E-state index contributed by atoms with van der Waals surface area (Å²) in [4.78, 5) is 49.5. The van der Waals surface area contributed by atoms with Crippen molar-refractivity contribution < 1.29 is 4.79 Å². The molecule has 62 heavy (non-hydrogen) atoms. The SMILES string of the molecule is C=c1c2ccc3c4ccc5c(=O)n(C6CCCCC6)c(=O)c6ccc(c7c(/C(C=NCCCCNC(C)=O)=C/N=CN)cc(c(=C)n1C1CCCCC1)c2c37)c4c56.CC(C)(C)C. The lowest BCUT2D eigenvalue weighted by molar-refractivity contribution is -0.118. The predicted octanol–water partition coefficient (Wildman–Crippen LogP) is 10.0. The number of benzene rings is 5. The Morgan fingerprint density at radius 2 is 1.21 bits per heavy atom. The number of hydrogen-bond donors (Lipinski definition) is 2. The Kier molecular flexibility index (Phi) is 12.1. The molecule has 0 atom stereocenters. The Bertz CT molecular complexity index is 3090. The van der Waals surface area contributed by atoms with E-state index in [0.717, 1.165) is 133 Å². The van der Waals surface area contributed by atoms with Gasteiger partial charge >= 0.3 is 0 Å². The Morgan fingerprint density at radius 3 is 1.81 bits per heavy atom. The molecule has 9 rings (SSSR count). The van der Waals surface area contributed by atoms with Crippen LogP contribution in [0.15, 0.2) is 68.2 Å². The fraction of sp³-hybridized carbons (Fsp3) is 0.415. The summed E-state index contributed by atoms with van der Waals surface area (Å²) in [5.41, 5.74) is 7.68. The molecule has 9 nitrogen and oxygen atoms in total. The molecule has 0 aliphatic heterocycles. The summed E-state index contributed by atoms with van der Waals surface area (Å²) in [5.74, 6) is -0.0375. The van der Waals surface area contributed by atoms with Gasteiger partial charge in [-0.25, -0.2) is 4.99 Å². The number of aliphatic imine (C=N–C) groups is 2. The van der Waals surface area contributed by atoms with E-state index in [2.05, 4.69) is 72.9 Å². The van der Waals surface area contributed by atoms with Crippen molar-refractivity contribution in [1.82, 2.24) is 14.5 Å². The van der Waals surface area contributed by atoms with Crippen LogP contribution in [0.3, 0.4) is 0 Å². The molecule has 0 spiro atoms. The summed E-state index contributed by atoms with van der Waals surface area (Å²) in [6, 6.07) is 14.9. The second-order valence-corrected chi connectivity index (χ2v) is 19.3. The average Bonchev–Trinajstić information content (AvgIpc) is 3.25. The van der Waals surface area contributed by atoms with Crippen molar-refractivity contribution in [3.05, 3.63) is 85.6 Å². The van der Waals surface area contributed by atoms with Crippen LogP contribution in [-0.2, 0) is 4.79 Å². The highest BCUT2D eigenvalue weighted by Crippen LogP contribution is 2.46. The van der Waals surface area contributed by atoms with Gasteiger partial charge < -0.3 is 15.6 Å². The molecule has 2 heterocycles. The molecule has 322 valence electrons. The van der Waals surface area contributed by atoms with Crippen LogP contribution in [0, 0.1) is 5.41 Å². The number of fused-ring (bicyclic) bond motifs is 2. The topological polar surface area (TPSA) is 124 Å². The van der Waals surface area contributed by atoms with Crippen molar-refractivity contribution in [2.45, 2.75) is 124 Å². The van der Waals surface area contributed by atoms with E-state index in [4.69, 9.17) is 23.9 Å². The highest BCUT2D eigenvalue weighted by molar-refractivity contribution is 6.41. The number of carbonyl (C=O) groups excluding carboxylic acids is 1. The van der Waals surface area contributed by atoms with Crippen molar-refractivity contribution in [2.75, 3.05) is 13.1 Å². The number of hydrogen-bond acceptors (Lipinski definition) is 5. The first-order valence-electron chi connectivity index (χ1n) is 22.8. The van der Waals surface area contributed by atoms with Gasteiger partial charge in [0.1, 0.15) is 0 Å². The highest BCUT2D eigenvalue weighted by Gasteiger charge is 2.27. The molecule has 0 unspecified atom stereocenters. The smallest absolute Gasteiger partial charge is 0.261 e. The summed E-state index contributed by atoms with van der Waals surface area (Å²) >= 11 is 0. The average molecular weight is 831 g/mol. The zero-order valence-corrected chi connectivity index (χ0v) is 37.3. The molecule has 5 aromatic carbocycles. The Morgan fingerprint density at radius 1 is 0.710 bits per heavy atom. The lowest BCUT2D eigenvalue weighted by atomic mass is 9.82. The molecule has 2 fully saturated rings. The predicted molar refractivity (Wildman–Crippen MR) is 264 cm³/mol. The van der Waals surface area contributed by atoms with Gasteiger partial charge in [-0.15, -0.1) is 0 Å². The molecule has 0 saturated heterocycles. The van der Waals surface area contributed by atoms with Gasteiger partial charge in [-0.05, 0) is 100 Å². The number of pyridine rings is 2. The van der Waals surface area contributed by atoms with E-state index in [9.17, 15) is 14.4 Å². The number of carbonyl (C=O) groups is 1. The number of rotatable bonds is 10. The monoisotopic (exact) mass is 830 g/mol. The quantitative estimate of drug-likeness (QED) is 0.0468. The molecular formula is C53H62N6O3. The van der Waals surface area contributed by atoms with E-state index < -0.39 is 0 Å². The van der Waals surface area contributed by atoms with Gasteiger partial charge in [0, 0.05) is 93.1 Å². The molecule has 2 aliphatic rings. The van der Waals surface area contributed by atoms with Crippen LogP contribution in [0.25, 0.3) is 83.4 Å². The Labute approximate surface area is 363 Å². The first-order valence-corrected chi connectivity index (χ1v) is 22.8. The van der Waals surface area contributed by atoms with E-state index in [1.165, 1.54) is 32.5 Å². The standard InChI is InChI=1S/C48H50N6O3.C5H12/c1-28-34-16-17-36-35-18-20-38-45-39(48(57)54(47(38)56)33-14-8-5-9-15-33)21-19-37(43(35)45)44-41(31(26-51-27-49)25-50-22-10-11-23-52-30(3)55)24-40(42(34)46(36)44)29(2)53(28)32-12-6-4-7-13-32;1-5(2,3)4/h16-21,24-27,32-33H,1-2,4-15,22-23H2,3H3,(H2,49,51)(H,52,55);1-4H3/b31-26+,50-25?;. The maximum atomic E-state index is 14.4. The Balaban J connectivity index is 0.00000100. The number of allylic oxidation sites excluding steroid dienone is 1. The number of nitrogens with two attached hydrogens (primary N) is 1. The molecule has 0 bridgehead atoms. The summed E-state index contributed by atoms with van der Waals surface area (Å²) in [7, 11) is 0. The van der Waals surface area contributed by atoms with E-state index in [-0.39, 0.29) is 23.1 Å². The third-order valence-corrected chi connectivity index (χ3v) is 12.9. The highest BCUT2D eigenvalue weighted by atomic mass is 16.2. The number of amides is 1. The maximum Gasteiger partial charge on any atom is 0.261 e. The van der Waals surface area contributed by atoms with Gasteiger partial charge in [-0.2, -0.15) is 0 Å². The van der Waals surface area contributed by atoms with Crippen molar-refractivity contribution >= 4 is 102 Å². The fourth-order valence-electron chi connectivity index (χ4n) is 10.3. The Hall–Kier alpha value is -5.83. The molecular weight excluding hydrogens is 769 g/mol. The summed E-state index contributed by atoms with van der Waals surface area (Å²) in [6.45, 7) is 20.9. The molecule has 2 aromatic heterocycles. The van der Waals surface area contributed by atoms with Gasteiger partial charge in [0.05, 0.1) is 6.34 Å². The summed E-state index contributed by atoms with van der Waals surface area (Å²) in [5, 5.41) is 15.9. The van der Waals surface area contributed by atoms with E-state index in [1.807, 2.05) is 18.3 Å². The third-order valence-electron chi connectivity index (χ3n) is 12.9. The van der Waals surface area contributed by atoms with Crippen LogP contribution in [0.4, 0.5) is 0 Å². The first-order chi connectivity index (χ1) is 29.8. The first kappa shape index (κ1) is 42.8. The van der Waals surface area contributed by atoms with Crippen LogP contribution in [0.1, 0.15) is 129 Å². The number of unbranched alkanes of at least 4 members (excludes halogenated alkanes) is 1. The van der Waals surface area contributed by atoms with Crippen LogP contribution in [-0.4, -0.2) is 40.7 Å². The minimum absolute atomic E-state index is 0.0375. The second kappa shape index (κ2) is 17.5. The largest absolute Gasteiger partial charge is 0.390 e. The van der Waals surface area contributed by atoms with Crippen LogP contribution >= 0.6 is 0 Å². The molecule has 1 amide bonds. The van der Waals surface area contributed by atoms with Gasteiger partial charge in [0.15, 0.2) is 0 Å². The van der Waals surface area contributed by atoms with Crippen molar-refractivity contribution in [3.63, 3.8) is 0 Å². The molecule has 7 aromatic rings. The number of nitrogens with zero attached hydrogens (tertiary/aromatic N) is 4. The van der Waals surface area contributed by atoms with Gasteiger partial charge in [-0.1, -0.05) is 104 Å². The second-order valence-electron chi connectivity index (χ2n) is 19.3. The maximum absolute atomic E-state index is 14.4. The van der Waals surface area contributed by atoms with Gasteiger partial charge in [0.25, 0.3) is 11.1 Å². The van der Waals surface area contributed by atoms with E-state index in [0.29, 0.717) is 35.3 Å². The fourth-order valence-corrected chi connectivity index (χ4v) is 10.3. The zero-order valence-electron chi connectivity index (χ0n) is 37.3. The van der Waals surface area contributed by atoms with Crippen molar-refractivity contribution in [1.29, 1.82) is 0 Å². The normalized spacial score (nSPS) is 16.3. The van der Waals surface area contributed by atoms with E-state index >= 15 is 0 Å². The molecule has 2 saturated carbocycles. The van der Waals surface area contributed by atoms with Crippen LogP contribution < -0.4 is 32.9 Å². The molecule has 9 heteroatoms. The lowest BCUT2D eigenvalue weighted by Gasteiger charge is -2.28. The van der Waals surface area contributed by atoms with Crippen LogP contribution in [0.2, 0.25) is 0 Å². The number of aromatic nitrogens is 2. The van der Waals surface area contributed by atoms with Gasteiger partial charge in [0.2, 0.25) is 5.91 Å². The summed E-state index contributed by atoms with van der Waals surface area (Å²) < 4.78 is 3.93. The lowest BCUT2D eigenvalue weighted by Crippen LogP contribution is -2.37. The minimum Gasteiger partial charge on any atom is -0.390 e. The molecule has 0 radical (unpaired) electrons. The minimum atomic E-state index is -0.196. The molecule has 2 aliphatic carbocycles. The van der Waals surface area contributed by atoms with Crippen LogP contribution in [0.5, 0.6) is 0 Å². The van der Waals surface area contributed by atoms with Gasteiger partial charge in [-0.3, -0.25) is 23.9 Å². The number of nitrogens with one attached hydrogen (secondary N) is 1.